The van der Waals surface area contributed by atoms with Crippen LogP contribution in [0.1, 0.15) is 23.2 Å². The van der Waals surface area contributed by atoms with E-state index in [0.717, 1.165) is 25.0 Å². The third-order valence-corrected chi connectivity index (χ3v) is 3.28. The van der Waals surface area contributed by atoms with E-state index in [1.165, 1.54) is 6.07 Å². The Morgan fingerprint density at radius 2 is 2.22 bits per heavy atom. The van der Waals surface area contributed by atoms with Crippen LogP contribution in [0.4, 0.5) is 8.78 Å². The van der Waals surface area contributed by atoms with E-state index in [9.17, 15) is 13.6 Å². The van der Waals surface area contributed by atoms with Crippen LogP contribution in [0.3, 0.4) is 0 Å². The second-order valence-electron chi connectivity index (χ2n) is 4.50. The standard InChI is InChI=1S/C13H16F2N2O/c1-16-10-3-2-6-17(8-10)13(18)11-5-4-9(14)7-12(11)15/h4-5,7,10,16H,2-3,6,8H2,1H3/t10-/m0/s1. The van der Waals surface area contributed by atoms with Crippen LogP contribution in [0, 0.1) is 11.6 Å². The number of piperidine rings is 1. The number of halogens is 2. The second-order valence-corrected chi connectivity index (χ2v) is 4.50. The molecular weight excluding hydrogens is 238 g/mol. The summed E-state index contributed by atoms with van der Waals surface area (Å²) in [4.78, 5) is 13.7. The highest BCUT2D eigenvalue weighted by molar-refractivity contribution is 5.94. The van der Waals surface area contributed by atoms with E-state index in [-0.39, 0.29) is 17.5 Å². The van der Waals surface area contributed by atoms with Crippen LogP contribution >= 0.6 is 0 Å². The van der Waals surface area contributed by atoms with E-state index >= 15 is 0 Å². The molecule has 2 rings (SSSR count). The zero-order valence-electron chi connectivity index (χ0n) is 10.2. The lowest BCUT2D eigenvalue weighted by atomic mass is 10.0. The highest BCUT2D eigenvalue weighted by atomic mass is 19.1. The van der Waals surface area contributed by atoms with Gasteiger partial charge >= 0.3 is 0 Å². The molecule has 0 aromatic heterocycles. The first-order valence-electron chi connectivity index (χ1n) is 6.03. The number of likely N-dealkylation sites (N-methyl/N-ethyl adjacent to an activating group) is 1. The molecule has 5 heteroatoms. The van der Waals surface area contributed by atoms with Crippen LogP contribution < -0.4 is 5.32 Å². The summed E-state index contributed by atoms with van der Waals surface area (Å²) in [5, 5.41) is 3.12. The van der Waals surface area contributed by atoms with Crippen LogP contribution in [0.25, 0.3) is 0 Å². The molecule has 1 aliphatic rings. The molecule has 3 nitrogen and oxygen atoms in total. The zero-order chi connectivity index (χ0) is 13.1. The first-order valence-corrected chi connectivity index (χ1v) is 6.03. The lowest BCUT2D eigenvalue weighted by Gasteiger charge is -2.32. The molecule has 1 aromatic carbocycles. The van der Waals surface area contributed by atoms with E-state index < -0.39 is 11.6 Å². The molecule has 1 saturated heterocycles. The van der Waals surface area contributed by atoms with Crippen LogP contribution in [0.2, 0.25) is 0 Å². The molecule has 1 aromatic rings. The van der Waals surface area contributed by atoms with Crippen molar-refractivity contribution in [2.24, 2.45) is 0 Å². The van der Waals surface area contributed by atoms with E-state index in [0.29, 0.717) is 13.1 Å². The molecule has 1 N–H and O–H groups in total. The molecule has 0 unspecified atom stereocenters. The molecule has 0 spiro atoms. The number of benzene rings is 1. The van der Waals surface area contributed by atoms with Crippen LogP contribution in [0.5, 0.6) is 0 Å². The number of hydrogen-bond acceptors (Lipinski definition) is 2. The highest BCUT2D eigenvalue weighted by Gasteiger charge is 2.25. The number of rotatable bonds is 2. The second kappa shape index (κ2) is 5.44. The Bertz CT molecular complexity index is 451. The Morgan fingerprint density at radius 1 is 1.44 bits per heavy atom. The van der Waals surface area contributed by atoms with Crippen LogP contribution in [0.15, 0.2) is 18.2 Å². The summed E-state index contributed by atoms with van der Waals surface area (Å²) >= 11 is 0. The van der Waals surface area contributed by atoms with Gasteiger partial charge in [-0.25, -0.2) is 8.78 Å². The topological polar surface area (TPSA) is 32.3 Å². The number of likely N-dealkylation sites (tertiary alicyclic amines) is 1. The molecule has 0 saturated carbocycles. The van der Waals surface area contributed by atoms with E-state index in [1.807, 2.05) is 7.05 Å². The van der Waals surface area contributed by atoms with Crippen molar-refractivity contribution < 1.29 is 13.6 Å². The average Bonchev–Trinajstić information content (AvgIpc) is 2.38. The number of carbonyl (C=O) groups is 1. The van der Waals surface area contributed by atoms with Crippen molar-refractivity contribution in [3.8, 4) is 0 Å². The number of carbonyl (C=O) groups excluding carboxylic acids is 1. The summed E-state index contributed by atoms with van der Waals surface area (Å²) in [6, 6.07) is 3.30. The van der Waals surface area contributed by atoms with Crippen molar-refractivity contribution in [2.75, 3.05) is 20.1 Å². The van der Waals surface area contributed by atoms with Gasteiger partial charge in [0.1, 0.15) is 11.6 Å². The molecule has 98 valence electrons. The predicted molar refractivity (Wildman–Crippen MR) is 64.3 cm³/mol. The monoisotopic (exact) mass is 254 g/mol. The van der Waals surface area contributed by atoms with E-state index in [1.54, 1.807) is 4.90 Å². The fourth-order valence-corrected chi connectivity index (χ4v) is 2.23. The van der Waals surface area contributed by atoms with Crippen molar-refractivity contribution in [1.82, 2.24) is 10.2 Å². The number of amides is 1. The summed E-state index contributed by atoms with van der Waals surface area (Å²) in [5.74, 6) is -1.84. The van der Waals surface area contributed by atoms with Crippen molar-refractivity contribution in [3.63, 3.8) is 0 Å². The van der Waals surface area contributed by atoms with Crippen LogP contribution in [-0.4, -0.2) is 37.0 Å². The minimum absolute atomic E-state index is 0.0619. The molecule has 1 heterocycles. The van der Waals surface area contributed by atoms with Crippen molar-refractivity contribution >= 4 is 5.91 Å². The lowest BCUT2D eigenvalue weighted by Crippen LogP contribution is -2.47. The maximum absolute atomic E-state index is 13.5. The quantitative estimate of drug-likeness (QED) is 0.872. The fraction of sp³-hybridized carbons (Fsp3) is 0.462. The zero-order valence-corrected chi connectivity index (χ0v) is 10.2. The predicted octanol–water partition coefficient (Wildman–Crippen LogP) is 1.79. The van der Waals surface area contributed by atoms with Crippen molar-refractivity contribution in [2.45, 2.75) is 18.9 Å². The molecule has 1 fully saturated rings. The fourth-order valence-electron chi connectivity index (χ4n) is 2.23. The molecule has 18 heavy (non-hydrogen) atoms. The van der Waals surface area contributed by atoms with Gasteiger partial charge < -0.3 is 10.2 Å². The van der Waals surface area contributed by atoms with Gasteiger partial charge in [-0.1, -0.05) is 0 Å². The Morgan fingerprint density at radius 3 is 2.89 bits per heavy atom. The van der Waals surface area contributed by atoms with Crippen molar-refractivity contribution in [1.29, 1.82) is 0 Å². The van der Waals surface area contributed by atoms with E-state index in [2.05, 4.69) is 5.32 Å². The summed E-state index contributed by atoms with van der Waals surface area (Å²) in [6.45, 7) is 1.18. The Labute approximate surface area is 105 Å². The van der Waals surface area contributed by atoms with Gasteiger partial charge in [0.25, 0.3) is 5.91 Å². The SMILES string of the molecule is CN[C@H]1CCCN(C(=O)c2ccc(F)cc2F)C1. The van der Waals surface area contributed by atoms with Gasteiger partial charge in [0.2, 0.25) is 0 Å². The molecule has 1 amide bonds. The first-order chi connectivity index (χ1) is 8.61. The number of nitrogens with one attached hydrogen (secondary N) is 1. The smallest absolute Gasteiger partial charge is 0.256 e. The average molecular weight is 254 g/mol. The third kappa shape index (κ3) is 2.67. The molecule has 0 radical (unpaired) electrons. The summed E-state index contributed by atoms with van der Waals surface area (Å²) in [7, 11) is 1.84. The molecule has 0 bridgehead atoms. The molecule has 1 atom stereocenters. The number of nitrogens with zero attached hydrogens (tertiary/aromatic N) is 1. The maximum atomic E-state index is 13.5. The lowest BCUT2D eigenvalue weighted by molar-refractivity contribution is 0.0693. The van der Waals surface area contributed by atoms with Crippen molar-refractivity contribution in [3.05, 3.63) is 35.4 Å². The molecular formula is C13H16F2N2O. The molecule has 0 aliphatic carbocycles. The minimum atomic E-state index is -0.799. The molecule has 1 aliphatic heterocycles. The van der Waals surface area contributed by atoms with Gasteiger partial charge in [-0.15, -0.1) is 0 Å². The van der Waals surface area contributed by atoms with Gasteiger partial charge in [-0.3, -0.25) is 4.79 Å². The van der Waals surface area contributed by atoms with Gasteiger partial charge in [0.15, 0.2) is 0 Å². The number of hydrogen-bond donors (Lipinski definition) is 1. The Balaban J connectivity index is 2.15. The van der Waals surface area contributed by atoms with Crippen LogP contribution in [-0.2, 0) is 0 Å². The normalized spacial score (nSPS) is 19.9. The van der Waals surface area contributed by atoms with Gasteiger partial charge in [0.05, 0.1) is 5.56 Å². The van der Waals surface area contributed by atoms with Gasteiger partial charge in [-0.2, -0.15) is 0 Å². The Hall–Kier alpha value is -1.49. The maximum Gasteiger partial charge on any atom is 0.256 e. The first kappa shape index (κ1) is 13.0. The third-order valence-electron chi connectivity index (χ3n) is 3.28. The van der Waals surface area contributed by atoms with Gasteiger partial charge in [-0.05, 0) is 32.0 Å². The largest absolute Gasteiger partial charge is 0.337 e. The summed E-state index contributed by atoms with van der Waals surface area (Å²) in [5.41, 5.74) is -0.0619. The highest BCUT2D eigenvalue weighted by Crippen LogP contribution is 2.16. The summed E-state index contributed by atoms with van der Waals surface area (Å²) < 4.78 is 26.3. The minimum Gasteiger partial charge on any atom is -0.337 e. The Kier molecular flexibility index (Phi) is 3.91. The van der Waals surface area contributed by atoms with Gasteiger partial charge in [0, 0.05) is 25.2 Å². The summed E-state index contributed by atoms with van der Waals surface area (Å²) in [6.07, 6.45) is 1.90. The van der Waals surface area contributed by atoms with E-state index in [4.69, 9.17) is 0 Å².